The summed E-state index contributed by atoms with van der Waals surface area (Å²) in [7, 11) is 0. The Morgan fingerprint density at radius 1 is 1.19 bits per heavy atom. The lowest BCUT2D eigenvalue weighted by Crippen LogP contribution is -2.15. The van der Waals surface area contributed by atoms with E-state index in [0.717, 1.165) is 11.4 Å². The van der Waals surface area contributed by atoms with Crippen LogP contribution in [0.25, 0.3) is 11.5 Å². The summed E-state index contributed by atoms with van der Waals surface area (Å²) in [6, 6.07) is 9.61. The zero-order valence-corrected chi connectivity index (χ0v) is 15.2. The van der Waals surface area contributed by atoms with Crippen LogP contribution in [0.5, 0.6) is 0 Å². The van der Waals surface area contributed by atoms with E-state index in [9.17, 15) is 9.18 Å². The molecule has 0 fully saturated rings. The summed E-state index contributed by atoms with van der Waals surface area (Å²) in [4.78, 5) is 12.8. The summed E-state index contributed by atoms with van der Waals surface area (Å²) in [5.41, 5.74) is 1.01. The molecule has 0 radical (unpaired) electrons. The van der Waals surface area contributed by atoms with Crippen molar-refractivity contribution in [3.63, 3.8) is 0 Å². The van der Waals surface area contributed by atoms with Gasteiger partial charge in [0.25, 0.3) is 5.91 Å². The molecule has 7 nitrogen and oxygen atoms in total. The molecule has 3 heterocycles. The van der Waals surface area contributed by atoms with Crippen LogP contribution in [0.15, 0.2) is 55.0 Å². The lowest BCUT2D eigenvalue weighted by molar-refractivity contribution is 0.102. The maximum Gasteiger partial charge on any atom is 0.262 e. The van der Waals surface area contributed by atoms with Crippen molar-refractivity contribution in [3.8, 4) is 11.5 Å². The number of nitrogens with zero attached hydrogens (tertiary/aromatic N) is 5. The fourth-order valence-electron chi connectivity index (χ4n) is 2.61. The van der Waals surface area contributed by atoms with Gasteiger partial charge in [-0.25, -0.2) is 9.07 Å². The van der Waals surface area contributed by atoms with Crippen LogP contribution in [0.1, 0.15) is 22.3 Å². The van der Waals surface area contributed by atoms with Gasteiger partial charge in [0.1, 0.15) is 16.4 Å². The predicted molar refractivity (Wildman–Crippen MR) is 100 cm³/mol. The van der Waals surface area contributed by atoms with Crippen molar-refractivity contribution in [2.24, 2.45) is 0 Å². The molecule has 0 aliphatic heterocycles. The van der Waals surface area contributed by atoms with Gasteiger partial charge in [0, 0.05) is 12.4 Å². The number of nitrogens with one attached hydrogen (secondary N) is 1. The SMILES string of the molecule is CCc1nnc(NC(=O)c2cnn(-c3ccc(F)cc3)c2-n2cccc2)s1. The molecule has 0 bridgehead atoms. The molecule has 0 spiro atoms. The Labute approximate surface area is 158 Å². The number of aryl methyl sites for hydroxylation is 1. The maximum atomic E-state index is 13.3. The van der Waals surface area contributed by atoms with Gasteiger partial charge < -0.3 is 4.57 Å². The number of halogens is 1. The Hall–Kier alpha value is -3.33. The van der Waals surface area contributed by atoms with Crippen LogP contribution in [-0.4, -0.2) is 30.5 Å². The minimum Gasteiger partial charge on any atom is -0.308 e. The Balaban J connectivity index is 1.74. The lowest BCUT2D eigenvalue weighted by Gasteiger charge is -2.10. The van der Waals surface area contributed by atoms with E-state index >= 15 is 0 Å². The zero-order chi connectivity index (χ0) is 18.8. The van der Waals surface area contributed by atoms with Crippen molar-refractivity contribution in [1.82, 2.24) is 24.5 Å². The summed E-state index contributed by atoms with van der Waals surface area (Å²) >= 11 is 1.33. The highest BCUT2D eigenvalue weighted by Gasteiger charge is 2.21. The first-order valence-electron chi connectivity index (χ1n) is 8.26. The monoisotopic (exact) mass is 382 g/mol. The molecule has 136 valence electrons. The van der Waals surface area contributed by atoms with E-state index in [4.69, 9.17) is 0 Å². The van der Waals surface area contributed by atoms with Gasteiger partial charge in [0.05, 0.1) is 11.9 Å². The van der Waals surface area contributed by atoms with Gasteiger partial charge in [-0.1, -0.05) is 18.3 Å². The lowest BCUT2D eigenvalue weighted by atomic mass is 10.3. The summed E-state index contributed by atoms with van der Waals surface area (Å²) in [6.07, 6.45) is 5.86. The van der Waals surface area contributed by atoms with Crippen molar-refractivity contribution in [1.29, 1.82) is 0 Å². The van der Waals surface area contributed by atoms with Crippen LogP contribution < -0.4 is 5.32 Å². The predicted octanol–water partition coefficient (Wildman–Crippen LogP) is 3.47. The molecular weight excluding hydrogens is 367 g/mol. The number of aromatic nitrogens is 5. The van der Waals surface area contributed by atoms with Crippen LogP contribution in [0.3, 0.4) is 0 Å². The van der Waals surface area contributed by atoms with Crippen LogP contribution in [0, 0.1) is 5.82 Å². The standard InChI is InChI=1S/C18H15FN6OS/c1-2-15-22-23-18(27-15)21-16(26)14-11-20-25(13-7-5-12(19)6-8-13)17(14)24-9-3-4-10-24/h3-11H,2H2,1H3,(H,21,23,26). The third-order valence-corrected chi connectivity index (χ3v) is 4.88. The summed E-state index contributed by atoms with van der Waals surface area (Å²) in [5.74, 6) is -0.135. The van der Waals surface area contributed by atoms with E-state index in [2.05, 4.69) is 20.6 Å². The highest BCUT2D eigenvalue weighted by atomic mass is 32.1. The molecule has 27 heavy (non-hydrogen) atoms. The first-order chi connectivity index (χ1) is 13.2. The number of amides is 1. The zero-order valence-electron chi connectivity index (χ0n) is 14.3. The third-order valence-electron chi connectivity index (χ3n) is 3.90. The molecule has 0 saturated carbocycles. The van der Waals surface area contributed by atoms with Crippen molar-refractivity contribution in [2.75, 3.05) is 5.32 Å². The maximum absolute atomic E-state index is 13.3. The van der Waals surface area contributed by atoms with Gasteiger partial charge in [-0.2, -0.15) is 5.10 Å². The first-order valence-corrected chi connectivity index (χ1v) is 9.08. The molecule has 1 aromatic carbocycles. The molecule has 3 aromatic heterocycles. The Bertz CT molecular complexity index is 1070. The van der Waals surface area contributed by atoms with Gasteiger partial charge in [0.15, 0.2) is 5.82 Å². The number of carbonyl (C=O) groups is 1. The number of rotatable bonds is 5. The Morgan fingerprint density at radius 2 is 1.93 bits per heavy atom. The molecule has 9 heteroatoms. The Morgan fingerprint density at radius 3 is 2.59 bits per heavy atom. The van der Waals surface area contributed by atoms with Crippen LogP contribution in [-0.2, 0) is 6.42 Å². The highest BCUT2D eigenvalue weighted by molar-refractivity contribution is 7.15. The fraction of sp³-hybridized carbons (Fsp3) is 0.111. The molecule has 0 saturated heterocycles. The molecular formula is C18H15FN6OS. The number of hydrogen-bond acceptors (Lipinski definition) is 5. The summed E-state index contributed by atoms with van der Waals surface area (Å²) in [6.45, 7) is 1.98. The molecule has 0 aliphatic carbocycles. The molecule has 0 atom stereocenters. The summed E-state index contributed by atoms with van der Waals surface area (Å²) in [5, 5.41) is 16.4. The van der Waals surface area contributed by atoms with Gasteiger partial charge in [-0.05, 0) is 42.8 Å². The minimum absolute atomic E-state index is 0.339. The van der Waals surface area contributed by atoms with Crippen molar-refractivity contribution in [3.05, 3.63) is 71.4 Å². The average molecular weight is 382 g/mol. The largest absolute Gasteiger partial charge is 0.308 e. The van der Waals surface area contributed by atoms with E-state index in [0.29, 0.717) is 22.2 Å². The molecule has 0 unspecified atom stereocenters. The van der Waals surface area contributed by atoms with E-state index in [1.165, 1.54) is 29.7 Å². The van der Waals surface area contributed by atoms with E-state index in [1.807, 2.05) is 31.5 Å². The molecule has 4 aromatic rings. The second-order valence-electron chi connectivity index (χ2n) is 5.67. The van der Waals surface area contributed by atoms with E-state index in [-0.39, 0.29) is 11.7 Å². The topological polar surface area (TPSA) is 77.6 Å². The van der Waals surface area contributed by atoms with Crippen LogP contribution >= 0.6 is 11.3 Å². The quantitative estimate of drug-likeness (QED) is 0.573. The summed E-state index contributed by atoms with van der Waals surface area (Å²) < 4.78 is 16.6. The van der Waals surface area contributed by atoms with Crippen molar-refractivity contribution >= 4 is 22.4 Å². The Kier molecular flexibility index (Phi) is 4.51. The normalized spacial score (nSPS) is 10.9. The minimum atomic E-state index is -0.342. The van der Waals surface area contributed by atoms with Crippen molar-refractivity contribution < 1.29 is 9.18 Å². The molecule has 4 rings (SSSR count). The smallest absolute Gasteiger partial charge is 0.262 e. The second-order valence-corrected chi connectivity index (χ2v) is 6.73. The molecule has 1 N–H and O–H groups in total. The average Bonchev–Trinajstić information content (AvgIpc) is 3.42. The number of anilines is 1. The molecule has 1 amide bonds. The van der Waals surface area contributed by atoms with Gasteiger partial charge in [0.2, 0.25) is 5.13 Å². The van der Waals surface area contributed by atoms with E-state index < -0.39 is 0 Å². The fourth-order valence-corrected chi connectivity index (χ4v) is 3.28. The molecule has 0 aliphatic rings. The second kappa shape index (κ2) is 7.12. The van der Waals surface area contributed by atoms with Gasteiger partial charge >= 0.3 is 0 Å². The highest BCUT2D eigenvalue weighted by Crippen LogP contribution is 2.22. The van der Waals surface area contributed by atoms with Gasteiger partial charge in [-0.15, -0.1) is 10.2 Å². The first kappa shape index (κ1) is 17.1. The third kappa shape index (κ3) is 3.36. The van der Waals surface area contributed by atoms with Gasteiger partial charge in [-0.3, -0.25) is 10.1 Å². The number of carbonyl (C=O) groups excluding carboxylic acids is 1. The van der Waals surface area contributed by atoms with Crippen LogP contribution in [0.4, 0.5) is 9.52 Å². The number of hydrogen-bond donors (Lipinski definition) is 1. The van der Waals surface area contributed by atoms with Crippen LogP contribution in [0.2, 0.25) is 0 Å². The van der Waals surface area contributed by atoms with E-state index in [1.54, 1.807) is 21.4 Å². The number of benzene rings is 1. The van der Waals surface area contributed by atoms with Crippen molar-refractivity contribution in [2.45, 2.75) is 13.3 Å².